The van der Waals surface area contributed by atoms with Crippen LogP contribution < -0.4 is 10.6 Å². The van der Waals surface area contributed by atoms with Gasteiger partial charge in [0, 0.05) is 29.9 Å². The topological polar surface area (TPSA) is 29.3 Å². The molecule has 0 aliphatic carbocycles. The minimum Gasteiger partial charge on any atom is -0.369 e. The van der Waals surface area contributed by atoms with E-state index in [-0.39, 0.29) is 11.9 Å². The van der Waals surface area contributed by atoms with Crippen molar-refractivity contribution in [2.24, 2.45) is 5.73 Å². The number of hydrogen-bond donors (Lipinski definition) is 1. The van der Waals surface area contributed by atoms with E-state index in [1.165, 1.54) is 6.07 Å². The Hall–Kier alpha value is -1.09. The maximum absolute atomic E-state index is 13.8. The van der Waals surface area contributed by atoms with Gasteiger partial charge in [-0.2, -0.15) is 0 Å². The van der Waals surface area contributed by atoms with Gasteiger partial charge in [-0.15, -0.1) is 0 Å². The largest absolute Gasteiger partial charge is 0.369 e. The van der Waals surface area contributed by atoms with Crippen LogP contribution in [0.3, 0.4) is 0 Å². The molecule has 0 unspecified atom stereocenters. The summed E-state index contributed by atoms with van der Waals surface area (Å²) in [6.07, 6.45) is 0. The molecule has 2 nitrogen and oxygen atoms in total. The van der Waals surface area contributed by atoms with Gasteiger partial charge in [0.1, 0.15) is 5.82 Å². The van der Waals surface area contributed by atoms with Crippen LogP contribution in [-0.2, 0) is 0 Å². The van der Waals surface area contributed by atoms with Gasteiger partial charge in [-0.3, -0.25) is 0 Å². The van der Waals surface area contributed by atoms with Crippen molar-refractivity contribution in [3.8, 4) is 0 Å². The summed E-state index contributed by atoms with van der Waals surface area (Å²) < 4.78 is 13.8. The van der Waals surface area contributed by atoms with Crippen LogP contribution in [0.4, 0.5) is 10.1 Å². The third-order valence-corrected chi connectivity index (χ3v) is 2.76. The van der Waals surface area contributed by atoms with E-state index in [1.807, 2.05) is 13.0 Å². The zero-order chi connectivity index (χ0) is 12.3. The first-order valence-corrected chi connectivity index (χ1v) is 5.79. The molecule has 2 N–H and O–H groups in total. The van der Waals surface area contributed by atoms with E-state index in [2.05, 4.69) is 25.7 Å². The van der Waals surface area contributed by atoms with Gasteiger partial charge in [0.05, 0.1) is 0 Å². The molecule has 16 heavy (non-hydrogen) atoms. The maximum atomic E-state index is 13.8. The van der Waals surface area contributed by atoms with Crippen LogP contribution in [0.25, 0.3) is 0 Å². The Balaban J connectivity index is 3.26. The SMILES string of the molecule is CCN(c1cccc(F)c1[C@@H](C)N)C(C)C. The highest BCUT2D eigenvalue weighted by Gasteiger charge is 2.18. The minimum atomic E-state index is -0.288. The summed E-state index contributed by atoms with van der Waals surface area (Å²) in [6, 6.07) is 5.19. The Morgan fingerprint density at radius 2 is 1.94 bits per heavy atom. The fourth-order valence-electron chi connectivity index (χ4n) is 2.04. The second-order valence-electron chi connectivity index (χ2n) is 4.34. The van der Waals surface area contributed by atoms with Crippen LogP contribution >= 0.6 is 0 Å². The third kappa shape index (κ3) is 2.53. The lowest BCUT2D eigenvalue weighted by Crippen LogP contribution is -2.32. The molecule has 0 aromatic heterocycles. The first kappa shape index (κ1) is 13.0. The van der Waals surface area contributed by atoms with E-state index in [9.17, 15) is 4.39 Å². The van der Waals surface area contributed by atoms with Crippen LogP contribution in [-0.4, -0.2) is 12.6 Å². The molecular weight excluding hydrogens is 203 g/mol. The third-order valence-electron chi connectivity index (χ3n) is 2.76. The summed E-state index contributed by atoms with van der Waals surface area (Å²) in [5.41, 5.74) is 7.36. The normalized spacial score (nSPS) is 12.9. The molecule has 1 rings (SSSR count). The Bertz CT molecular complexity index is 348. The average molecular weight is 224 g/mol. The van der Waals surface area contributed by atoms with E-state index in [1.54, 1.807) is 6.07 Å². The van der Waals surface area contributed by atoms with Gasteiger partial charge in [0.2, 0.25) is 0 Å². The zero-order valence-electron chi connectivity index (χ0n) is 10.5. The van der Waals surface area contributed by atoms with Crippen LogP contribution in [0.5, 0.6) is 0 Å². The van der Waals surface area contributed by atoms with Gasteiger partial charge >= 0.3 is 0 Å². The first-order valence-electron chi connectivity index (χ1n) is 5.79. The standard InChI is InChI=1S/C13H21FN2/c1-5-16(9(2)3)12-8-6-7-11(14)13(12)10(4)15/h6-10H,5,15H2,1-4H3/t10-/m1/s1. The smallest absolute Gasteiger partial charge is 0.130 e. The number of hydrogen-bond acceptors (Lipinski definition) is 2. The second-order valence-corrected chi connectivity index (χ2v) is 4.34. The molecule has 0 fully saturated rings. The van der Waals surface area contributed by atoms with E-state index in [0.717, 1.165) is 12.2 Å². The zero-order valence-corrected chi connectivity index (χ0v) is 10.5. The van der Waals surface area contributed by atoms with Crippen LogP contribution in [0.2, 0.25) is 0 Å². The fraction of sp³-hybridized carbons (Fsp3) is 0.538. The van der Waals surface area contributed by atoms with Crippen LogP contribution in [0, 0.1) is 5.82 Å². The molecule has 0 radical (unpaired) electrons. The minimum absolute atomic E-state index is 0.216. The van der Waals surface area contributed by atoms with Crippen LogP contribution in [0.15, 0.2) is 18.2 Å². The van der Waals surface area contributed by atoms with Gasteiger partial charge in [-0.25, -0.2) is 4.39 Å². The lowest BCUT2D eigenvalue weighted by atomic mass is 10.0. The Labute approximate surface area is 97.3 Å². The molecule has 1 aromatic carbocycles. The predicted octanol–water partition coefficient (Wildman–Crippen LogP) is 3.08. The summed E-state index contributed by atoms with van der Waals surface area (Å²) in [4.78, 5) is 2.15. The summed E-state index contributed by atoms with van der Waals surface area (Å²) >= 11 is 0. The molecule has 0 bridgehead atoms. The molecule has 1 atom stereocenters. The van der Waals surface area contributed by atoms with E-state index >= 15 is 0 Å². The molecule has 0 aliphatic rings. The van der Waals surface area contributed by atoms with Crippen molar-refractivity contribution in [3.05, 3.63) is 29.6 Å². The van der Waals surface area contributed by atoms with Crippen molar-refractivity contribution in [2.75, 3.05) is 11.4 Å². The molecule has 90 valence electrons. The van der Waals surface area contributed by atoms with E-state index in [0.29, 0.717) is 11.6 Å². The molecule has 0 heterocycles. The van der Waals surface area contributed by atoms with E-state index in [4.69, 9.17) is 5.73 Å². The van der Waals surface area contributed by atoms with Gasteiger partial charge in [-0.05, 0) is 39.8 Å². The van der Waals surface area contributed by atoms with Crippen molar-refractivity contribution in [1.82, 2.24) is 0 Å². The highest BCUT2D eigenvalue weighted by atomic mass is 19.1. The van der Waals surface area contributed by atoms with Gasteiger partial charge < -0.3 is 10.6 Å². The average Bonchev–Trinajstić information content (AvgIpc) is 2.17. The maximum Gasteiger partial charge on any atom is 0.130 e. The lowest BCUT2D eigenvalue weighted by Gasteiger charge is -2.30. The summed E-state index contributed by atoms with van der Waals surface area (Å²) in [5.74, 6) is -0.216. The lowest BCUT2D eigenvalue weighted by molar-refractivity contribution is 0.588. The number of anilines is 1. The molecule has 3 heteroatoms. The number of halogens is 1. The Kier molecular flexibility index (Phi) is 4.30. The molecule has 0 saturated carbocycles. The van der Waals surface area contributed by atoms with Gasteiger partial charge in [-0.1, -0.05) is 6.07 Å². The van der Waals surface area contributed by atoms with Crippen LogP contribution in [0.1, 0.15) is 39.3 Å². The summed E-state index contributed by atoms with van der Waals surface area (Å²) in [6.45, 7) is 8.92. The molecule has 0 amide bonds. The van der Waals surface area contributed by atoms with Gasteiger partial charge in [0.25, 0.3) is 0 Å². The molecule has 0 aliphatic heterocycles. The Morgan fingerprint density at radius 3 is 2.38 bits per heavy atom. The van der Waals surface area contributed by atoms with Crippen molar-refractivity contribution in [2.45, 2.75) is 39.8 Å². The quantitative estimate of drug-likeness (QED) is 0.851. The molecule has 0 spiro atoms. The number of rotatable bonds is 4. The van der Waals surface area contributed by atoms with Gasteiger partial charge in [0.15, 0.2) is 0 Å². The van der Waals surface area contributed by atoms with E-state index < -0.39 is 0 Å². The monoisotopic (exact) mass is 224 g/mol. The summed E-state index contributed by atoms with van der Waals surface area (Å²) in [5, 5.41) is 0. The highest BCUT2D eigenvalue weighted by Crippen LogP contribution is 2.28. The van der Waals surface area contributed by atoms with Crippen molar-refractivity contribution in [3.63, 3.8) is 0 Å². The molecule has 1 aromatic rings. The Morgan fingerprint density at radius 1 is 1.31 bits per heavy atom. The first-order chi connectivity index (χ1) is 7.49. The molecular formula is C13H21FN2. The number of benzene rings is 1. The molecule has 0 saturated heterocycles. The highest BCUT2D eigenvalue weighted by molar-refractivity contribution is 5.56. The van der Waals surface area contributed by atoms with Crippen molar-refractivity contribution < 1.29 is 4.39 Å². The number of nitrogens with zero attached hydrogens (tertiary/aromatic N) is 1. The van der Waals surface area contributed by atoms with Crippen molar-refractivity contribution >= 4 is 5.69 Å². The fourth-order valence-corrected chi connectivity index (χ4v) is 2.04. The number of nitrogens with two attached hydrogens (primary N) is 1. The summed E-state index contributed by atoms with van der Waals surface area (Å²) in [7, 11) is 0. The van der Waals surface area contributed by atoms with Crippen molar-refractivity contribution in [1.29, 1.82) is 0 Å². The second kappa shape index (κ2) is 5.30. The predicted molar refractivity (Wildman–Crippen MR) is 67.2 cm³/mol.